The van der Waals surface area contributed by atoms with Crippen molar-refractivity contribution in [1.82, 2.24) is 0 Å². The van der Waals surface area contributed by atoms with E-state index in [2.05, 4.69) is 0 Å². The lowest BCUT2D eigenvalue weighted by atomic mass is 10.1. The number of benzene rings is 2. The molecule has 0 unspecified atom stereocenters. The van der Waals surface area contributed by atoms with Crippen LogP contribution in [-0.2, 0) is 22.6 Å². The molecule has 0 radical (unpaired) electrons. The molecule has 0 aromatic heterocycles. The maximum absolute atomic E-state index is 12.0. The molecule has 0 N–H and O–H groups in total. The van der Waals surface area contributed by atoms with Gasteiger partial charge in [0.05, 0.1) is 27.8 Å². The van der Waals surface area contributed by atoms with Crippen molar-refractivity contribution in [1.29, 1.82) is 0 Å². The van der Waals surface area contributed by atoms with E-state index < -0.39 is 0 Å². The predicted octanol–water partition coefficient (Wildman–Crippen LogP) is 3.00. The monoisotopic (exact) mass is 316 g/mol. The zero-order valence-corrected chi connectivity index (χ0v) is 13.5. The van der Waals surface area contributed by atoms with Crippen molar-refractivity contribution in [2.24, 2.45) is 0 Å². The number of ether oxygens (including phenoxy) is 4. The molecular weight excluding hydrogens is 296 g/mol. The summed E-state index contributed by atoms with van der Waals surface area (Å²) in [7, 11) is 4.61. The van der Waals surface area contributed by atoms with Crippen LogP contribution in [0.4, 0.5) is 0 Å². The molecule has 2 aromatic rings. The number of rotatable bonds is 7. The van der Waals surface area contributed by atoms with E-state index in [1.165, 1.54) is 21.3 Å². The second kappa shape index (κ2) is 8.08. The number of hydrogen-bond donors (Lipinski definition) is 0. The van der Waals surface area contributed by atoms with Gasteiger partial charge in [0, 0.05) is 0 Å². The molecule has 0 bridgehead atoms. The highest BCUT2D eigenvalue weighted by Gasteiger charge is 2.15. The summed E-state index contributed by atoms with van der Waals surface area (Å²) in [6, 6.07) is 13.0. The van der Waals surface area contributed by atoms with E-state index in [1.807, 2.05) is 30.3 Å². The summed E-state index contributed by atoms with van der Waals surface area (Å²) in [5.74, 6) is 1.20. The van der Waals surface area contributed by atoms with Crippen LogP contribution in [0.3, 0.4) is 0 Å². The summed E-state index contributed by atoms with van der Waals surface area (Å²) in [5.41, 5.74) is 1.68. The molecule has 5 heteroatoms. The molecule has 0 amide bonds. The van der Waals surface area contributed by atoms with E-state index in [-0.39, 0.29) is 19.0 Å². The standard InChI is InChI=1S/C18H20O5/c1-20-15-9-14(10-16(21-2)18(15)22-3)11-17(19)23-12-13-7-5-4-6-8-13/h4-10H,11-12H2,1-3H3. The largest absolute Gasteiger partial charge is 0.493 e. The van der Waals surface area contributed by atoms with Gasteiger partial charge in [0.2, 0.25) is 5.75 Å². The zero-order chi connectivity index (χ0) is 16.7. The Kier molecular flexibility index (Phi) is 5.86. The first-order chi connectivity index (χ1) is 11.2. The number of methoxy groups -OCH3 is 3. The van der Waals surface area contributed by atoms with Gasteiger partial charge in [-0.15, -0.1) is 0 Å². The van der Waals surface area contributed by atoms with Gasteiger partial charge in [-0.1, -0.05) is 30.3 Å². The van der Waals surface area contributed by atoms with Crippen LogP contribution < -0.4 is 14.2 Å². The highest BCUT2D eigenvalue weighted by Crippen LogP contribution is 2.38. The van der Waals surface area contributed by atoms with Gasteiger partial charge >= 0.3 is 5.97 Å². The molecule has 0 aliphatic rings. The molecule has 0 aliphatic heterocycles. The SMILES string of the molecule is COc1cc(CC(=O)OCc2ccccc2)cc(OC)c1OC. The van der Waals surface area contributed by atoms with Crippen molar-refractivity contribution in [2.45, 2.75) is 13.0 Å². The summed E-state index contributed by atoms with van der Waals surface area (Å²) in [6.45, 7) is 0.254. The summed E-state index contributed by atoms with van der Waals surface area (Å²) in [4.78, 5) is 12.0. The average molecular weight is 316 g/mol. The van der Waals surface area contributed by atoms with E-state index in [4.69, 9.17) is 18.9 Å². The van der Waals surface area contributed by atoms with Gasteiger partial charge in [-0.2, -0.15) is 0 Å². The second-order valence-electron chi connectivity index (χ2n) is 4.86. The minimum Gasteiger partial charge on any atom is -0.493 e. The average Bonchev–Trinajstić information content (AvgIpc) is 2.59. The van der Waals surface area contributed by atoms with Gasteiger partial charge < -0.3 is 18.9 Å². The van der Waals surface area contributed by atoms with Crippen molar-refractivity contribution in [2.75, 3.05) is 21.3 Å². The summed E-state index contributed by atoms with van der Waals surface area (Å²) in [6.07, 6.45) is 0.129. The second-order valence-corrected chi connectivity index (χ2v) is 4.86. The fraction of sp³-hybridized carbons (Fsp3) is 0.278. The van der Waals surface area contributed by atoms with Gasteiger partial charge in [-0.3, -0.25) is 4.79 Å². The summed E-state index contributed by atoms with van der Waals surface area (Å²) in [5, 5.41) is 0. The minimum absolute atomic E-state index is 0.129. The highest BCUT2D eigenvalue weighted by atomic mass is 16.5. The third kappa shape index (κ3) is 4.39. The quantitative estimate of drug-likeness (QED) is 0.735. The normalized spacial score (nSPS) is 10.0. The topological polar surface area (TPSA) is 54.0 Å². The smallest absolute Gasteiger partial charge is 0.310 e. The fourth-order valence-corrected chi connectivity index (χ4v) is 2.19. The van der Waals surface area contributed by atoms with Crippen molar-refractivity contribution >= 4 is 5.97 Å². The van der Waals surface area contributed by atoms with Crippen molar-refractivity contribution < 1.29 is 23.7 Å². The van der Waals surface area contributed by atoms with E-state index in [0.29, 0.717) is 17.2 Å². The first kappa shape index (κ1) is 16.7. The third-order valence-electron chi connectivity index (χ3n) is 3.32. The van der Waals surface area contributed by atoms with Crippen LogP contribution in [0.2, 0.25) is 0 Å². The summed E-state index contributed by atoms with van der Waals surface area (Å²) >= 11 is 0. The van der Waals surface area contributed by atoms with Crippen LogP contribution in [0.15, 0.2) is 42.5 Å². The maximum Gasteiger partial charge on any atom is 0.310 e. The Bertz CT molecular complexity index is 627. The number of carbonyl (C=O) groups excluding carboxylic acids is 1. The van der Waals surface area contributed by atoms with E-state index in [1.54, 1.807) is 12.1 Å². The van der Waals surface area contributed by atoms with Gasteiger partial charge in [0.25, 0.3) is 0 Å². The molecule has 0 heterocycles. The first-order valence-electron chi connectivity index (χ1n) is 7.16. The molecule has 5 nitrogen and oxygen atoms in total. The van der Waals surface area contributed by atoms with E-state index >= 15 is 0 Å². The lowest BCUT2D eigenvalue weighted by Crippen LogP contribution is -2.08. The molecule has 23 heavy (non-hydrogen) atoms. The lowest BCUT2D eigenvalue weighted by molar-refractivity contribution is -0.144. The minimum atomic E-state index is -0.317. The van der Waals surface area contributed by atoms with Crippen LogP contribution in [-0.4, -0.2) is 27.3 Å². The fourth-order valence-electron chi connectivity index (χ4n) is 2.19. The van der Waals surface area contributed by atoms with Crippen molar-refractivity contribution in [3.8, 4) is 17.2 Å². The Labute approximate surface area is 135 Å². The molecule has 2 aromatic carbocycles. The first-order valence-corrected chi connectivity index (χ1v) is 7.16. The van der Waals surface area contributed by atoms with E-state index in [9.17, 15) is 4.79 Å². The molecule has 0 aliphatic carbocycles. The van der Waals surface area contributed by atoms with Crippen molar-refractivity contribution in [3.05, 3.63) is 53.6 Å². The van der Waals surface area contributed by atoms with Crippen LogP contribution >= 0.6 is 0 Å². The predicted molar refractivity (Wildman–Crippen MR) is 86.0 cm³/mol. The highest BCUT2D eigenvalue weighted by molar-refractivity contribution is 5.73. The molecule has 0 saturated heterocycles. The Hall–Kier alpha value is -2.69. The molecule has 2 rings (SSSR count). The lowest BCUT2D eigenvalue weighted by Gasteiger charge is -2.14. The van der Waals surface area contributed by atoms with Gasteiger partial charge in [0.1, 0.15) is 6.61 Å². The molecular formula is C18H20O5. The number of carbonyl (C=O) groups is 1. The maximum atomic E-state index is 12.0. The Morgan fingerprint density at radius 2 is 1.48 bits per heavy atom. The molecule has 0 spiro atoms. The zero-order valence-electron chi connectivity index (χ0n) is 13.5. The molecule has 122 valence electrons. The Morgan fingerprint density at radius 1 is 0.870 bits per heavy atom. The summed E-state index contributed by atoms with van der Waals surface area (Å²) < 4.78 is 21.1. The molecule has 0 saturated carbocycles. The van der Waals surface area contributed by atoms with Crippen LogP contribution in [0, 0.1) is 0 Å². The Morgan fingerprint density at radius 3 is 2.00 bits per heavy atom. The van der Waals surface area contributed by atoms with Crippen LogP contribution in [0.5, 0.6) is 17.2 Å². The van der Waals surface area contributed by atoms with Gasteiger partial charge in [0.15, 0.2) is 11.5 Å². The number of hydrogen-bond acceptors (Lipinski definition) is 5. The van der Waals surface area contributed by atoms with Crippen LogP contribution in [0.1, 0.15) is 11.1 Å². The van der Waals surface area contributed by atoms with Crippen molar-refractivity contribution in [3.63, 3.8) is 0 Å². The van der Waals surface area contributed by atoms with Crippen LogP contribution in [0.25, 0.3) is 0 Å². The van der Waals surface area contributed by atoms with E-state index in [0.717, 1.165) is 11.1 Å². The molecule has 0 fully saturated rings. The Balaban J connectivity index is 2.05. The van der Waals surface area contributed by atoms with Gasteiger partial charge in [-0.05, 0) is 23.3 Å². The number of esters is 1. The molecule has 0 atom stereocenters. The third-order valence-corrected chi connectivity index (χ3v) is 3.32. The van der Waals surface area contributed by atoms with Gasteiger partial charge in [-0.25, -0.2) is 0 Å².